The summed E-state index contributed by atoms with van der Waals surface area (Å²) in [5.74, 6) is -0.176. The molecule has 2 rings (SSSR count). The Hall–Kier alpha value is -1.76. The van der Waals surface area contributed by atoms with Crippen LogP contribution >= 0.6 is 23.2 Å². The van der Waals surface area contributed by atoms with E-state index < -0.39 is 10.0 Å². The minimum absolute atomic E-state index is 0.0351. The van der Waals surface area contributed by atoms with Crippen LogP contribution in [0.5, 0.6) is 0 Å². The molecule has 0 spiro atoms. The molecule has 2 aromatic rings. The maximum atomic E-state index is 12.3. The molecule has 0 saturated heterocycles. The summed E-state index contributed by atoms with van der Waals surface area (Å²) in [5.41, 5.74) is 1.53. The van der Waals surface area contributed by atoms with Crippen molar-refractivity contribution in [3.8, 4) is 0 Å². The first kappa shape index (κ1) is 20.6. The number of benzene rings is 2. The van der Waals surface area contributed by atoms with Gasteiger partial charge in [0.25, 0.3) is 5.91 Å². The summed E-state index contributed by atoms with van der Waals surface area (Å²) in [6.07, 6.45) is 1.11. The molecule has 1 N–H and O–H groups in total. The fraction of sp³-hybridized carbons (Fsp3) is 0.278. The highest BCUT2D eigenvalue weighted by Gasteiger charge is 2.21. The molecular formula is C18H20Cl2N2O3S. The van der Waals surface area contributed by atoms with Crippen molar-refractivity contribution in [1.82, 2.24) is 5.32 Å². The van der Waals surface area contributed by atoms with E-state index in [1.807, 2.05) is 13.8 Å². The zero-order chi connectivity index (χ0) is 19.5. The van der Waals surface area contributed by atoms with E-state index in [-0.39, 0.29) is 28.5 Å². The first-order valence-electron chi connectivity index (χ1n) is 7.91. The number of nitrogens with zero attached hydrogens (tertiary/aromatic N) is 1. The van der Waals surface area contributed by atoms with Gasteiger partial charge in [-0.2, -0.15) is 0 Å². The van der Waals surface area contributed by atoms with Gasteiger partial charge in [0.1, 0.15) is 0 Å². The van der Waals surface area contributed by atoms with E-state index in [1.54, 1.807) is 42.5 Å². The Labute approximate surface area is 164 Å². The van der Waals surface area contributed by atoms with Gasteiger partial charge >= 0.3 is 0 Å². The molecule has 0 aliphatic heterocycles. The molecule has 0 unspecified atom stereocenters. The zero-order valence-electron chi connectivity index (χ0n) is 14.7. The lowest BCUT2D eigenvalue weighted by Gasteiger charge is -2.24. The third kappa shape index (κ3) is 5.13. The van der Waals surface area contributed by atoms with Crippen LogP contribution in [0.25, 0.3) is 0 Å². The fourth-order valence-electron chi connectivity index (χ4n) is 2.34. The average molecular weight is 415 g/mol. The van der Waals surface area contributed by atoms with Crippen molar-refractivity contribution in [3.63, 3.8) is 0 Å². The first-order valence-corrected chi connectivity index (χ1v) is 10.5. The summed E-state index contributed by atoms with van der Waals surface area (Å²) in [6.45, 7) is 3.83. The van der Waals surface area contributed by atoms with Gasteiger partial charge in [0.05, 0.1) is 28.5 Å². The van der Waals surface area contributed by atoms with Gasteiger partial charge in [0, 0.05) is 11.6 Å². The number of sulfonamides is 1. The number of rotatable bonds is 6. The molecule has 26 heavy (non-hydrogen) atoms. The lowest BCUT2D eigenvalue weighted by Crippen LogP contribution is -2.30. The molecule has 1 amide bonds. The highest BCUT2D eigenvalue weighted by Crippen LogP contribution is 2.34. The van der Waals surface area contributed by atoms with Crippen molar-refractivity contribution in [2.45, 2.75) is 26.4 Å². The van der Waals surface area contributed by atoms with Crippen LogP contribution in [-0.2, 0) is 16.6 Å². The van der Waals surface area contributed by atoms with Gasteiger partial charge in [-0.3, -0.25) is 9.10 Å². The Morgan fingerprint density at radius 1 is 1.12 bits per heavy atom. The quantitative estimate of drug-likeness (QED) is 0.773. The van der Waals surface area contributed by atoms with Gasteiger partial charge in [-0.1, -0.05) is 41.4 Å². The fourth-order valence-corrected chi connectivity index (χ4v) is 3.68. The van der Waals surface area contributed by atoms with Gasteiger partial charge < -0.3 is 5.32 Å². The molecule has 0 radical (unpaired) electrons. The van der Waals surface area contributed by atoms with Crippen molar-refractivity contribution < 1.29 is 13.2 Å². The number of nitrogens with one attached hydrogen (secondary N) is 1. The number of amides is 1. The van der Waals surface area contributed by atoms with E-state index >= 15 is 0 Å². The van der Waals surface area contributed by atoms with E-state index in [0.29, 0.717) is 16.8 Å². The second-order valence-electron chi connectivity index (χ2n) is 6.17. The van der Waals surface area contributed by atoms with E-state index in [2.05, 4.69) is 5.32 Å². The highest BCUT2D eigenvalue weighted by atomic mass is 35.5. The topological polar surface area (TPSA) is 66.5 Å². The number of hydrogen-bond acceptors (Lipinski definition) is 3. The predicted molar refractivity (Wildman–Crippen MR) is 107 cm³/mol. The highest BCUT2D eigenvalue weighted by molar-refractivity contribution is 7.92. The summed E-state index contributed by atoms with van der Waals surface area (Å²) in [4.78, 5) is 12.0. The van der Waals surface area contributed by atoms with E-state index in [9.17, 15) is 13.2 Å². The molecule has 0 aromatic heterocycles. The van der Waals surface area contributed by atoms with Crippen molar-refractivity contribution in [3.05, 3.63) is 63.6 Å². The average Bonchev–Trinajstić information content (AvgIpc) is 2.54. The van der Waals surface area contributed by atoms with E-state index in [4.69, 9.17) is 23.2 Å². The van der Waals surface area contributed by atoms with Crippen LogP contribution in [0.4, 0.5) is 5.69 Å². The molecule has 140 valence electrons. The molecule has 0 aliphatic rings. The predicted octanol–water partition coefficient (Wildman–Crippen LogP) is 4.10. The molecule has 0 aliphatic carbocycles. The van der Waals surface area contributed by atoms with Crippen LogP contribution in [-0.4, -0.2) is 26.6 Å². The third-order valence-corrected chi connectivity index (χ3v) is 5.50. The lowest BCUT2D eigenvalue weighted by atomic mass is 10.1. The lowest BCUT2D eigenvalue weighted by molar-refractivity contribution is 0.0943. The van der Waals surface area contributed by atoms with Gasteiger partial charge in [-0.15, -0.1) is 0 Å². The van der Waals surface area contributed by atoms with Gasteiger partial charge in [0.2, 0.25) is 10.0 Å². The molecule has 0 atom stereocenters. The molecule has 2 aromatic carbocycles. The summed E-state index contributed by atoms with van der Waals surface area (Å²) in [5, 5.41) is 3.26. The Morgan fingerprint density at radius 3 is 2.27 bits per heavy atom. The number of carbonyl (C=O) groups excluding carboxylic acids is 1. The van der Waals surface area contributed by atoms with Gasteiger partial charge in [-0.25, -0.2) is 8.42 Å². The van der Waals surface area contributed by atoms with Crippen LogP contribution in [0.15, 0.2) is 42.5 Å². The second-order valence-corrected chi connectivity index (χ2v) is 8.86. The summed E-state index contributed by atoms with van der Waals surface area (Å²) in [7, 11) is -3.59. The van der Waals surface area contributed by atoms with Crippen LogP contribution in [0.2, 0.25) is 10.0 Å². The van der Waals surface area contributed by atoms with Crippen molar-refractivity contribution in [2.75, 3.05) is 10.6 Å². The van der Waals surface area contributed by atoms with Crippen LogP contribution in [0.3, 0.4) is 0 Å². The van der Waals surface area contributed by atoms with Crippen LogP contribution < -0.4 is 9.62 Å². The standard InChI is InChI=1S/C18H20Cl2N2O3S/c1-12(2)21-18(23)14-9-7-13(8-10-14)11-22(26(3,24)25)16-6-4-5-15(19)17(16)20/h4-10,12H,11H2,1-3H3,(H,21,23). The molecule has 0 heterocycles. The molecule has 8 heteroatoms. The van der Waals surface area contributed by atoms with Crippen molar-refractivity contribution in [2.24, 2.45) is 0 Å². The summed E-state index contributed by atoms with van der Waals surface area (Å²) < 4.78 is 25.7. The summed E-state index contributed by atoms with van der Waals surface area (Å²) in [6, 6.07) is 11.6. The van der Waals surface area contributed by atoms with Crippen molar-refractivity contribution in [1.29, 1.82) is 0 Å². The maximum absolute atomic E-state index is 12.3. The SMILES string of the molecule is CC(C)NC(=O)c1ccc(CN(c2cccc(Cl)c2Cl)S(C)(=O)=O)cc1. The largest absolute Gasteiger partial charge is 0.350 e. The summed E-state index contributed by atoms with van der Waals surface area (Å²) >= 11 is 12.2. The first-order chi connectivity index (χ1) is 12.1. The number of halogens is 2. The molecule has 0 fully saturated rings. The van der Waals surface area contributed by atoms with Crippen LogP contribution in [0.1, 0.15) is 29.8 Å². The Morgan fingerprint density at radius 2 is 1.73 bits per heavy atom. The Balaban J connectivity index is 2.30. The van der Waals surface area contributed by atoms with Crippen LogP contribution in [0, 0.1) is 0 Å². The normalized spacial score (nSPS) is 11.5. The molecule has 0 bridgehead atoms. The van der Waals surface area contributed by atoms with E-state index in [0.717, 1.165) is 6.26 Å². The molecule has 5 nitrogen and oxygen atoms in total. The minimum Gasteiger partial charge on any atom is -0.350 e. The minimum atomic E-state index is -3.59. The molecule has 0 saturated carbocycles. The number of anilines is 1. The second kappa shape index (κ2) is 8.29. The smallest absolute Gasteiger partial charge is 0.251 e. The van der Waals surface area contributed by atoms with E-state index in [1.165, 1.54) is 4.31 Å². The Bertz CT molecular complexity index is 897. The third-order valence-electron chi connectivity index (χ3n) is 3.56. The zero-order valence-corrected chi connectivity index (χ0v) is 17.0. The maximum Gasteiger partial charge on any atom is 0.251 e. The van der Waals surface area contributed by atoms with Crippen molar-refractivity contribution >= 4 is 44.8 Å². The number of carbonyl (C=O) groups is 1. The molecular weight excluding hydrogens is 395 g/mol. The number of hydrogen-bond donors (Lipinski definition) is 1. The Kier molecular flexibility index (Phi) is 6.55. The van der Waals surface area contributed by atoms with Gasteiger partial charge in [-0.05, 0) is 43.7 Å². The van der Waals surface area contributed by atoms with Gasteiger partial charge in [0.15, 0.2) is 0 Å². The monoisotopic (exact) mass is 414 g/mol.